The Bertz CT molecular complexity index is 1340. The van der Waals surface area contributed by atoms with Gasteiger partial charge in [-0.1, -0.05) is 35.2 Å². The van der Waals surface area contributed by atoms with Crippen LogP contribution in [0, 0.1) is 19.7 Å². The van der Waals surface area contributed by atoms with Crippen LogP contribution in [-0.4, -0.2) is 25.7 Å². The Hall–Kier alpha value is -2.63. The molecule has 7 nitrogen and oxygen atoms in total. The molecule has 0 bridgehead atoms. The van der Waals surface area contributed by atoms with Crippen LogP contribution in [0.4, 0.5) is 4.39 Å². The second-order valence-electron chi connectivity index (χ2n) is 7.01. The minimum atomic E-state index is -0.336. The summed E-state index contributed by atoms with van der Waals surface area (Å²) in [5.74, 6) is -0.208. The first-order chi connectivity index (χ1) is 15.4. The van der Waals surface area contributed by atoms with Gasteiger partial charge in [-0.15, -0.1) is 21.5 Å². The summed E-state index contributed by atoms with van der Waals surface area (Å²) in [5, 5.41) is 13.1. The number of thioether (sulfide) groups is 1. The number of aryl methyl sites for hydroxylation is 2. The lowest BCUT2D eigenvalue weighted by Crippen LogP contribution is -2.22. The molecule has 0 saturated carbocycles. The van der Waals surface area contributed by atoms with Crippen LogP contribution < -0.4 is 10.9 Å². The van der Waals surface area contributed by atoms with Gasteiger partial charge in [-0.3, -0.25) is 14.2 Å². The predicted octanol–water partition coefficient (Wildman–Crippen LogP) is 4.31. The van der Waals surface area contributed by atoms with E-state index in [-0.39, 0.29) is 28.8 Å². The summed E-state index contributed by atoms with van der Waals surface area (Å²) in [7, 11) is 0. The molecule has 0 spiro atoms. The Labute approximate surface area is 195 Å². The van der Waals surface area contributed by atoms with E-state index in [0.717, 1.165) is 20.8 Å². The van der Waals surface area contributed by atoms with Crippen molar-refractivity contribution < 1.29 is 9.18 Å². The molecule has 4 rings (SSSR count). The van der Waals surface area contributed by atoms with Crippen LogP contribution in [0.5, 0.6) is 0 Å². The molecule has 0 atom stereocenters. The molecule has 0 fully saturated rings. The monoisotopic (exact) mass is 489 g/mol. The second kappa shape index (κ2) is 9.47. The maximum atomic E-state index is 13.0. The molecule has 3 heterocycles. The van der Waals surface area contributed by atoms with E-state index in [1.165, 1.54) is 46.6 Å². The summed E-state index contributed by atoms with van der Waals surface area (Å²) < 4.78 is 14.7. The lowest BCUT2D eigenvalue weighted by molar-refractivity contribution is 0.0950. The number of halogens is 1. The summed E-state index contributed by atoms with van der Waals surface area (Å²) in [5.41, 5.74) is 1.75. The molecule has 1 N–H and O–H groups in total. The number of fused-ring (bicyclic) bond motifs is 1. The van der Waals surface area contributed by atoms with E-state index >= 15 is 0 Å². The molecule has 4 aromatic rings. The fourth-order valence-corrected chi connectivity index (χ4v) is 5.96. The normalized spacial score (nSPS) is 11.2. The molecule has 0 unspecified atom stereocenters. The van der Waals surface area contributed by atoms with Crippen molar-refractivity contribution in [1.82, 2.24) is 25.1 Å². The van der Waals surface area contributed by atoms with E-state index in [1.54, 1.807) is 16.7 Å². The summed E-state index contributed by atoms with van der Waals surface area (Å²) in [6, 6.07) is 5.93. The number of nitrogens with zero attached hydrogens (tertiary/aromatic N) is 4. The maximum Gasteiger partial charge on any atom is 0.282 e. The van der Waals surface area contributed by atoms with Gasteiger partial charge in [0.2, 0.25) is 5.01 Å². The summed E-state index contributed by atoms with van der Waals surface area (Å²) in [6.45, 7) is 6.66. The average molecular weight is 490 g/mol. The minimum absolute atomic E-state index is 0.0278. The number of thiophene rings is 1. The number of nitrogens with one attached hydrogen (secondary N) is 1. The highest BCUT2D eigenvalue weighted by Gasteiger charge is 2.18. The molecule has 1 aromatic carbocycles. The molecule has 0 aliphatic rings. The van der Waals surface area contributed by atoms with Gasteiger partial charge in [0.1, 0.15) is 15.7 Å². The van der Waals surface area contributed by atoms with Crippen molar-refractivity contribution in [2.75, 3.05) is 0 Å². The molecule has 0 saturated heterocycles. The van der Waals surface area contributed by atoms with Gasteiger partial charge in [0.25, 0.3) is 11.5 Å². The lowest BCUT2D eigenvalue weighted by Gasteiger charge is -2.09. The molecule has 166 valence electrons. The van der Waals surface area contributed by atoms with Gasteiger partial charge in [0.05, 0.1) is 11.1 Å². The second-order valence-corrected chi connectivity index (χ2v) is 10.2. The number of hydrogen-bond donors (Lipinski definition) is 1. The Kier molecular flexibility index (Phi) is 6.68. The quantitative estimate of drug-likeness (QED) is 0.307. The van der Waals surface area contributed by atoms with Crippen LogP contribution in [-0.2, 0) is 18.8 Å². The van der Waals surface area contributed by atoms with E-state index in [9.17, 15) is 14.0 Å². The van der Waals surface area contributed by atoms with Gasteiger partial charge in [0, 0.05) is 18.0 Å². The Balaban J connectivity index is 1.45. The van der Waals surface area contributed by atoms with Gasteiger partial charge in [-0.2, -0.15) is 0 Å². The zero-order valence-corrected chi connectivity index (χ0v) is 20.1. The first-order valence-electron chi connectivity index (χ1n) is 9.85. The SMILES string of the molecule is CCn1c(SCc2nnc(C(=O)NCc3ccc(F)cc3)s2)nc2sc(C)c(C)c2c1=O. The topological polar surface area (TPSA) is 89.8 Å². The average Bonchev–Trinajstić information content (AvgIpc) is 3.36. The number of carbonyl (C=O) groups is 1. The van der Waals surface area contributed by atoms with E-state index in [2.05, 4.69) is 15.5 Å². The van der Waals surface area contributed by atoms with Crippen molar-refractivity contribution in [1.29, 1.82) is 0 Å². The van der Waals surface area contributed by atoms with Crippen LogP contribution in [0.15, 0.2) is 34.2 Å². The number of rotatable bonds is 7. The van der Waals surface area contributed by atoms with Gasteiger partial charge < -0.3 is 5.32 Å². The Morgan fingerprint density at radius 1 is 1.19 bits per heavy atom. The molecular weight excluding hydrogens is 469 g/mol. The third-order valence-corrected chi connectivity index (χ3v) is 8.12. The molecule has 0 aliphatic carbocycles. The van der Waals surface area contributed by atoms with Crippen LogP contribution in [0.25, 0.3) is 10.2 Å². The lowest BCUT2D eigenvalue weighted by atomic mass is 10.2. The van der Waals surface area contributed by atoms with E-state index in [1.807, 2.05) is 20.8 Å². The van der Waals surface area contributed by atoms with Crippen LogP contribution in [0.1, 0.15) is 37.7 Å². The van der Waals surface area contributed by atoms with Gasteiger partial charge in [-0.05, 0) is 44.0 Å². The number of benzene rings is 1. The van der Waals surface area contributed by atoms with Crippen molar-refractivity contribution in [3.05, 3.63) is 66.5 Å². The summed E-state index contributed by atoms with van der Waals surface area (Å²) >= 11 is 4.13. The van der Waals surface area contributed by atoms with E-state index in [4.69, 9.17) is 4.98 Å². The van der Waals surface area contributed by atoms with Crippen LogP contribution in [0.3, 0.4) is 0 Å². The zero-order chi connectivity index (χ0) is 22.8. The number of hydrogen-bond acceptors (Lipinski definition) is 8. The van der Waals surface area contributed by atoms with Crippen molar-refractivity contribution >= 4 is 50.6 Å². The zero-order valence-electron chi connectivity index (χ0n) is 17.6. The Morgan fingerprint density at radius 3 is 2.66 bits per heavy atom. The van der Waals surface area contributed by atoms with Crippen LogP contribution in [0.2, 0.25) is 0 Å². The Morgan fingerprint density at radius 2 is 1.94 bits per heavy atom. The fraction of sp³-hybridized carbons (Fsp3) is 0.286. The highest BCUT2D eigenvalue weighted by Crippen LogP contribution is 2.29. The standard InChI is InChI=1S/C21H20FN5O2S3/c1-4-27-20(29)16-11(2)12(3)31-18(16)24-21(27)30-10-15-25-26-19(32-15)17(28)23-9-13-5-7-14(22)8-6-13/h5-8H,4,9-10H2,1-3H3,(H,23,28). The smallest absolute Gasteiger partial charge is 0.282 e. The third kappa shape index (κ3) is 4.59. The van der Waals surface area contributed by atoms with E-state index < -0.39 is 0 Å². The summed E-state index contributed by atoms with van der Waals surface area (Å²) in [4.78, 5) is 31.8. The highest BCUT2D eigenvalue weighted by atomic mass is 32.2. The van der Waals surface area contributed by atoms with Crippen molar-refractivity contribution in [3.63, 3.8) is 0 Å². The molecule has 3 aromatic heterocycles. The molecule has 0 aliphatic heterocycles. The number of aromatic nitrogens is 4. The largest absolute Gasteiger partial charge is 0.346 e. The van der Waals surface area contributed by atoms with Crippen LogP contribution >= 0.6 is 34.4 Å². The molecule has 11 heteroatoms. The predicted molar refractivity (Wildman–Crippen MR) is 126 cm³/mol. The first-order valence-corrected chi connectivity index (χ1v) is 12.5. The molecule has 1 amide bonds. The van der Waals surface area contributed by atoms with Crippen molar-refractivity contribution in [3.8, 4) is 0 Å². The molecular formula is C21H20FN5O2S3. The van der Waals surface area contributed by atoms with Crippen molar-refractivity contribution in [2.24, 2.45) is 0 Å². The molecule has 32 heavy (non-hydrogen) atoms. The maximum absolute atomic E-state index is 13.0. The van der Waals surface area contributed by atoms with Crippen molar-refractivity contribution in [2.45, 2.75) is 44.8 Å². The van der Waals surface area contributed by atoms with E-state index in [0.29, 0.717) is 27.8 Å². The fourth-order valence-electron chi connectivity index (χ4n) is 3.09. The molecule has 0 radical (unpaired) electrons. The van der Waals surface area contributed by atoms with Gasteiger partial charge >= 0.3 is 0 Å². The van der Waals surface area contributed by atoms with Gasteiger partial charge in [0.15, 0.2) is 5.16 Å². The first kappa shape index (κ1) is 22.6. The number of amides is 1. The number of carbonyl (C=O) groups excluding carboxylic acids is 1. The highest BCUT2D eigenvalue weighted by molar-refractivity contribution is 7.98. The van der Waals surface area contributed by atoms with Gasteiger partial charge in [-0.25, -0.2) is 9.37 Å². The third-order valence-electron chi connectivity index (χ3n) is 4.92. The minimum Gasteiger partial charge on any atom is -0.346 e. The summed E-state index contributed by atoms with van der Waals surface area (Å²) in [6.07, 6.45) is 0.